The summed E-state index contributed by atoms with van der Waals surface area (Å²) in [7, 11) is 0. The Morgan fingerprint density at radius 3 is 2.65 bits per heavy atom. The van der Waals surface area contributed by atoms with Gasteiger partial charge in [-0.1, -0.05) is 30.3 Å². The summed E-state index contributed by atoms with van der Waals surface area (Å²) in [5.74, 6) is 0.655. The molecule has 0 N–H and O–H groups in total. The van der Waals surface area contributed by atoms with Gasteiger partial charge < -0.3 is 0 Å². The van der Waals surface area contributed by atoms with Crippen molar-refractivity contribution in [3.8, 4) is 5.69 Å². The first-order valence-corrected chi connectivity index (χ1v) is 11.0. The number of thiol groups is 1. The van der Waals surface area contributed by atoms with Gasteiger partial charge in [0, 0.05) is 5.39 Å². The number of thiophene rings is 1. The SMILES string of the molecule is CSc1cc2c(=O)n(-c3ccc(C4CC4)c4ccccc34)c(S)nc2s1. The molecule has 2 heterocycles. The molecule has 0 amide bonds. The van der Waals surface area contributed by atoms with Crippen LogP contribution in [0.1, 0.15) is 24.3 Å². The molecule has 5 rings (SSSR count). The van der Waals surface area contributed by atoms with Crippen molar-refractivity contribution in [2.45, 2.75) is 28.1 Å². The Balaban J connectivity index is 1.83. The molecule has 1 fully saturated rings. The standard InChI is InChI=1S/C20H16N2OS3/c1-25-17-10-15-18(26-17)21-20(24)22(19(15)23)16-9-8-12(11-6-7-11)13-4-2-3-5-14(13)16/h2-5,8-11H,6-7H2,1H3,(H,21,24). The van der Waals surface area contributed by atoms with E-state index >= 15 is 0 Å². The lowest BCUT2D eigenvalue weighted by Gasteiger charge is -2.14. The third kappa shape index (κ3) is 2.51. The molecule has 1 aliphatic rings. The maximum atomic E-state index is 13.2. The van der Waals surface area contributed by atoms with Crippen LogP contribution in [0.25, 0.3) is 26.7 Å². The van der Waals surface area contributed by atoms with E-state index in [1.165, 1.54) is 35.1 Å². The van der Waals surface area contributed by atoms with Crippen LogP contribution in [0.4, 0.5) is 0 Å². The molecular weight excluding hydrogens is 380 g/mol. The van der Waals surface area contributed by atoms with E-state index in [0.717, 1.165) is 20.1 Å². The number of nitrogens with zero attached hydrogens (tertiary/aromatic N) is 2. The van der Waals surface area contributed by atoms with Crippen molar-refractivity contribution < 1.29 is 0 Å². The molecule has 6 heteroatoms. The minimum absolute atomic E-state index is 0.0547. The van der Waals surface area contributed by atoms with E-state index in [9.17, 15) is 4.79 Å². The van der Waals surface area contributed by atoms with Crippen LogP contribution in [0.15, 0.2) is 56.6 Å². The van der Waals surface area contributed by atoms with Gasteiger partial charge in [0.15, 0.2) is 5.16 Å². The molecular formula is C20H16N2OS3. The highest BCUT2D eigenvalue weighted by molar-refractivity contribution is 8.00. The van der Waals surface area contributed by atoms with Crippen LogP contribution in [0.5, 0.6) is 0 Å². The van der Waals surface area contributed by atoms with E-state index in [-0.39, 0.29) is 5.56 Å². The van der Waals surface area contributed by atoms with Crippen molar-refractivity contribution in [2.24, 2.45) is 0 Å². The molecule has 0 radical (unpaired) electrons. The zero-order chi connectivity index (χ0) is 17.8. The first-order chi connectivity index (χ1) is 12.7. The highest BCUT2D eigenvalue weighted by Crippen LogP contribution is 2.44. The smallest absolute Gasteiger partial charge is 0.267 e. The van der Waals surface area contributed by atoms with Crippen LogP contribution < -0.4 is 5.56 Å². The minimum atomic E-state index is -0.0547. The van der Waals surface area contributed by atoms with E-state index < -0.39 is 0 Å². The van der Waals surface area contributed by atoms with Crippen molar-refractivity contribution in [3.05, 3.63) is 58.4 Å². The van der Waals surface area contributed by atoms with E-state index in [1.807, 2.05) is 24.5 Å². The number of rotatable bonds is 3. The summed E-state index contributed by atoms with van der Waals surface area (Å²) >= 11 is 7.72. The molecule has 130 valence electrons. The van der Waals surface area contributed by atoms with Gasteiger partial charge in [-0.25, -0.2) is 4.98 Å². The van der Waals surface area contributed by atoms with Crippen molar-refractivity contribution >= 4 is 56.7 Å². The van der Waals surface area contributed by atoms with Crippen LogP contribution in [0.3, 0.4) is 0 Å². The second-order valence-electron chi connectivity index (χ2n) is 6.53. The van der Waals surface area contributed by atoms with E-state index in [2.05, 4.69) is 41.9 Å². The molecule has 0 bridgehead atoms. The Hall–Kier alpha value is -1.76. The van der Waals surface area contributed by atoms with Gasteiger partial charge in [0.2, 0.25) is 0 Å². The molecule has 3 nitrogen and oxygen atoms in total. The molecule has 1 aliphatic carbocycles. The second-order valence-corrected chi connectivity index (χ2v) is 9.07. The fourth-order valence-corrected chi connectivity index (χ4v) is 5.44. The average Bonchev–Trinajstić information content (AvgIpc) is 3.41. The van der Waals surface area contributed by atoms with Crippen LogP contribution in [0, 0.1) is 0 Å². The third-order valence-electron chi connectivity index (χ3n) is 4.92. The molecule has 2 aromatic carbocycles. The minimum Gasteiger partial charge on any atom is -0.268 e. The first-order valence-electron chi connectivity index (χ1n) is 8.49. The molecule has 0 unspecified atom stereocenters. The zero-order valence-electron chi connectivity index (χ0n) is 14.1. The quantitative estimate of drug-likeness (QED) is 0.283. The Labute approximate surface area is 164 Å². The van der Waals surface area contributed by atoms with E-state index in [1.54, 1.807) is 16.3 Å². The summed E-state index contributed by atoms with van der Waals surface area (Å²) in [4.78, 5) is 18.6. The number of hydrogen-bond donors (Lipinski definition) is 1. The van der Waals surface area contributed by atoms with Gasteiger partial charge in [-0.2, -0.15) is 0 Å². The topological polar surface area (TPSA) is 34.9 Å². The maximum Gasteiger partial charge on any atom is 0.267 e. The number of benzene rings is 2. The lowest BCUT2D eigenvalue weighted by Crippen LogP contribution is -2.20. The van der Waals surface area contributed by atoms with Gasteiger partial charge in [0.1, 0.15) is 4.83 Å². The Morgan fingerprint density at radius 2 is 1.92 bits per heavy atom. The number of thioether (sulfide) groups is 1. The van der Waals surface area contributed by atoms with Gasteiger partial charge in [-0.05, 0) is 48.1 Å². The first kappa shape index (κ1) is 16.4. The number of aromatic nitrogens is 2. The van der Waals surface area contributed by atoms with Crippen molar-refractivity contribution in [3.63, 3.8) is 0 Å². The van der Waals surface area contributed by atoms with Crippen molar-refractivity contribution in [1.29, 1.82) is 0 Å². The highest BCUT2D eigenvalue weighted by Gasteiger charge is 2.26. The van der Waals surface area contributed by atoms with Crippen LogP contribution in [-0.4, -0.2) is 15.8 Å². The van der Waals surface area contributed by atoms with Crippen LogP contribution in [-0.2, 0) is 0 Å². The third-order valence-corrected chi connectivity index (χ3v) is 7.31. The predicted molar refractivity (Wildman–Crippen MR) is 114 cm³/mol. The Bertz CT molecular complexity index is 1220. The van der Waals surface area contributed by atoms with Gasteiger partial charge in [0.25, 0.3) is 5.56 Å². The lowest BCUT2D eigenvalue weighted by molar-refractivity contribution is 0.832. The van der Waals surface area contributed by atoms with Gasteiger partial charge >= 0.3 is 0 Å². The molecule has 0 saturated heterocycles. The Morgan fingerprint density at radius 1 is 1.15 bits per heavy atom. The summed E-state index contributed by atoms with van der Waals surface area (Å²) in [6.07, 6.45) is 4.51. The van der Waals surface area contributed by atoms with Crippen LogP contribution >= 0.6 is 35.7 Å². The summed E-state index contributed by atoms with van der Waals surface area (Å²) in [6, 6.07) is 14.5. The highest BCUT2D eigenvalue weighted by atomic mass is 32.2. The fraction of sp³-hybridized carbons (Fsp3) is 0.200. The number of hydrogen-bond acceptors (Lipinski definition) is 5. The maximum absolute atomic E-state index is 13.2. The van der Waals surface area contributed by atoms with Crippen molar-refractivity contribution in [2.75, 3.05) is 6.26 Å². The summed E-state index contributed by atoms with van der Waals surface area (Å²) in [5.41, 5.74) is 2.18. The molecule has 26 heavy (non-hydrogen) atoms. The second kappa shape index (κ2) is 6.15. The lowest BCUT2D eigenvalue weighted by atomic mass is 9.99. The molecule has 0 atom stereocenters. The summed E-state index contributed by atoms with van der Waals surface area (Å²) in [6.45, 7) is 0. The molecule has 0 spiro atoms. The van der Waals surface area contributed by atoms with Gasteiger partial charge in [-0.15, -0.1) is 35.7 Å². The van der Waals surface area contributed by atoms with E-state index in [4.69, 9.17) is 0 Å². The molecule has 1 saturated carbocycles. The zero-order valence-corrected chi connectivity index (χ0v) is 16.6. The van der Waals surface area contributed by atoms with Gasteiger partial charge in [0.05, 0.1) is 15.3 Å². The molecule has 2 aromatic heterocycles. The monoisotopic (exact) mass is 396 g/mol. The Kier molecular flexibility index (Phi) is 3.88. The summed E-state index contributed by atoms with van der Waals surface area (Å²) < 4.78 is 2.73. The molecule has 0 aliphatic heterocycles. The van der Waals surface area contributed by atoms with Crippen molar-refractivity contribution in [1.82, 2.24) is 9.55 Å². The number of fused-ring (bicyclic) bond motifs is 2. The molecule has 4 aromatic rings. The predicted octanol–water partition coefficient (Wildman–Crippen LogP) is 5.49. The summed E-state index contributed by atoms with van der Waals surface area (Å²) in [5, 5.41) is 3.40. The fourth-order valence-electron chi connectivity index (χ4n) is 3.52. The van der Waals surface area contributed by atoms with E-state index in [0.29, 0.717) is 16.5 Å². The largest absolute Gasteiger partial charge is 0.268 e. The average molecular weight is 397 g/mol. The van der Waals surface area contributed by atoms with Gasteiger partial charge in [-0.3, -0.25) is 9.36 Å². The van der Waals surface area contributed by atoms with Crippen LogP contribution in [0.2, 0.25) is 0 Å². The normalized spacial score (nSPS) is 14.4.